The summed E-state index contributed by atoms with van der Waals surface area (Å²) in [6.07, 6.45) is 1.08. The van der Waals surface area contributed by atoms with Gasteiger partial charge in [0.15, 0.2) is 13.2 Å². The lowest BCUT2D eigenvalue weighted by atomic mass is 9.95. The molecular weight excluding hydrogens is 479 g/mol. The van der Waals surface area contributed by atoms with Crippen LogP contribution in [-0.2, 0) is 19.1 Å². The van der Waals surface area contributed by atoms with Crippen LogP contribution >= 0.6 is 34.8 Å². The number of likely N-dealkylation sites (tertiary alicyclic amines) is 1. The smallest absolute Gasteiger partial charge is 0.344 e. The average molecular weight is 500 g/mol. The molecule has 1 N–H and O–H groups in total. The van der Waals surface area contributed by atoms with E-state index in [0.29, 0.717) is 25.9 Å². The number of halogens is 3. The Labute approximate surface area is 200 Å². The van der Waals surface area contributed by atoms with Crippen molar-refractivity contribution in [2.45, 2.75) is 12.8 Å². The van der Waals surface area contributed by atoms with Gasteiger partial charge in [-0.1, -0.05) is 53.0 Å². The van der Waals surface area contributed by atoms with Crippen molar-refractivity contribution in [3.63, 3.8) is 0 Å². The van der Waals surface area contributed by atoms with Gasteiger partial charge in [-0.25, -0.2) is 4.79 Å². The summed E-state index contributed by atoms with van der Waals surface area (Å²) in [5, 5.41) is 3.57. The van der Waals surface area contributed by atoms with E-state index in [1.165, 1.54) is 12.1 Å². The zero-order valence-electron chi connectivity index (χ0n) is 17.0. The maximum absolute atomic E-state index is 12.4. The van der Waals surface area contributed by atoms with Crippen molar-refractivity contribution < 1.29 is 23.9 Å². The third-order valence-electron chi connectivity index (χ3n) is 4.94. The van der Waals surface area contributed by atoms with Crippen LogP contribution in [0.3, 0.4) is 0 Å². The summed E-state index contributed by atoms with van der Waals surface area (Å²) in [5.41, 5.74) is 0.743. The van der Waals surface area contributed by atoms with Crippen LogP contribution < -0.4 is 10.1 Å². The highest BCUT2D eigenvalue weighted by Crippen LogP contribution is 2.33. The Morgan fingerprint density at radius 1 is 0.938 bits per heavy atom. The van der Waals surface area contributed by atoms with E-state index in [9.17, 15) is 14.4 Å². The first-order chi connectivity index (χ1) is 15.3. The van der Waals surface area contributed by atoms with Crippen LogP contribution in [0.1, 0.15) is 12.8 Å². The molecule has 170 valence electrons. The number of hydrogen-bond donors (Lipinski definition) is 1. The second kappa shape index (κ2) is 11.4. The highest BCUT2D eigenvalue weighted by molar-refractivity contribution is 6.43. The second-order valence-corrected chi connectivity index (χ2v) is 8.38. The molecule has 0 spiro atoms. The van der Waals surface area contributed by atoms with Crippen molar-refractivity contribution in [2.75, 3.05) is 31.6 Å². The molecule has 2 aromatic rings. The van der Waals surface area contributed by atoms with Gasteiger partial charge in [-0.3, -0.25) is 9.59 Å². The maximum Gasteiger partial charge on any atom is 0.344 e. The zero-order chi connectivity index (χ0) is 23.1. The standard InChI is InChI=1S/C22H21Cl3N2O5/c23-16-10-18(25)19(11-17(16)24)31-13-21(29)32-12-20(28)27-8-6-14(7-9-27)22(30)26-15-4-2-1-3-5-15/h1-5,10-11,14H,6-9,12-13H2,(H,26,30). The highest BCUT2D eigenvalue weighted by atomic mass is 35.5. The van der Waals surface area contributed by atoms with Gasteiger partial charge in [0.05, 0.1) is 15.1 Å². The van der Waals surface area contributed by atoms with Crippen LogP contribution in [0.2, 0.25) is 15.1 Å². The van der Waals surface area contributed by atoms with E-state index in [1.54, 1.807) is 4.90 Å². The molecular formula is C22H21Cl3N2O5. The molecule has 0 bridgehead atoms. The summed E-state index contributed by atoms with van der Waals surface area (Å²) in [7, 11) is 0. The summed E-state index contributed by atoms with van der Waals surface area (Å²) in [4.78, 5) is 38.2. The molecule has 2 aromatic carbocycles. The molecule has 1 saturated heterocycles. The maximum atomic E-state index is 12.4. The summed E-state index contributed by atoms with van der Waals surface area (Å²) >= 11 is 17.7. The monoisotopic (exact) mass is 498 g/mol. The van der Waals surface area contributed by atoms with Crippen LogP contribution in [0.15, 0.2) is 42.5 Å². The number of para-hydroxylation sites is 1. The fourth-order valence-electron chi connectivity index (χ4n) is 3.18. The number of rotatable bonds is 7. The molecule has 7 nitrogen and oxygen atoms in total. The molecule has 0 atom stereocenters. The van der Waals surface area contributed by atoms with E-state index < -0.39 is 19.2 Å². The van der Waals surface area contributed by atoms with Gasteiger partial charge in [0.25, 0.3) is 5.91 Å². The molecule has 10 heteroatoms. The van der Waals surface area contributed by atoms with Gasteiger partial charge >= 0.3 is 5.97 Å². The van der Waals surface area contributed by atoms with E-state index in [0.717, 1.165) is 5.69 Å². The van der Waals surface area contributed by atoms with Crippen LogP contribution in [0.25, 0.3) is 0 Å². The molecule has 0 aromatic heterocycles. The van der Waals surface area contributed by atoms with Crippen LogP contribution in [0, 0.1) is 5.92 Å². The lowest BCUT2D eigenvalue weighted by Crippen LogP contribution is -2.43. The number of hydrogen-bond acceptors (Lipinski definition) is 5. The third-order valence-corrected chi connectivity index (χ3v) is 5.95. The predicted octanol–water partition coefficient (Wildman–Crippen LogP) is 4.45. The van der Waals surface area contributed by atoms with E-state index in [4.69, 9.17) is 44.3 Å². The normalized spacial score (nSPS) is 14.0. The fraction of sp³-hybridized carbons (Fsp3) is 0.318. The molecule has 0 radical (unpaired) electrons. The number of esters is 1. The lowest BCUT2D eigenvalue weighted by molar-refractivity contribution is -0.154. The van der Waals surface area contributed by atoms with Crippen LogP contribution in [-0.4, -0.2) is 49.0 Å². The minimum Gasteiger partial charge on any atom is -0.480 e. The van der Waals surface area contributed by atoms with Crippen LogP contribution in [0.5, 0.6) is 5.75 Å². The summed E-state index contributed by atoms with van der Waals surface area (Å²) in [6.45, 7) is -0.0118. The molecule has 1 heterocycles. The summed E-state index contributed by atoms with van der Waals surface area (Å²) in [6, 6.07) is 12.0. The Morgan fingerprint density at radius 2 is 1.59 bits per heavy atom. The molecule has 1 fully saturated rings. The predicted molar refractivity (Wildman–Crippen MR) is 122 cm³/mol. The van der Waals surface area contributed by atoms with E-state index in [1.807, 2.05) is 30.3 Å². The highest BCUT2D eigenvalue weighted by Gasteiger charge is 2.27. The number of ether oxygens (including phenoxy) is 2. The number of nitrogens with zero attached hydrogens (tertiary/aromatic N) is 1. The Kier molecular flexibility index (Phi) is 8.61. The van der Waals surface area contributed by atoms with Crippen molar-refractivity contribution in [3.8, 4) is 5.75 Å². The minimum atomic E-state index is -0.724. The van der Waals surface area contributed by atoms with Crippen LogP contribution in [0.4, 0.5) is 5.69 Å². The number of anilines is 1. The van der Waals surface area contributed by atoms with Crippen molar-refractivity contribution >= 4 is 58.3 Å². The van der Waals surface area contributed by atoms with Crippen molar-refractivity contribution in [1.29, 1.82) is 0 Å². The van der Waals surface area contributed by atoms with E-state index in [2.05, 4.69) is 5.32 Å². The largest absolute Gasteiger partial charge is 0.480 e. The second-order valence-electron chi connectivity index (χ2n) is 7.16. The van der Waals surface area contributed by atoms with Gasteiger partial charge in [-0.2, -0.15) is 0 Å². The average Bonchev–Trinajstić information content (AvgIpc) is 2.79. The summed E-state index contributed by atoms with van der Waals surface area (Å²) in [5.74, 6) is -1.11. The molecule has 0 saturated carbocycles. The quantitative estimate of drug-likeness (QED) is 0.449. The zero-order valence-corrected chi connectivity index (χ0v) is 19.3. The number of carbonyl (C=O) groups excluding carboxylic acids is 3. The molecule has 32 heavy (non-hydrogen) atoms. The van der Waals surface area contributed by atoms with Gasteiger partial charge < -0.3 is 19.7 Å². The Balaban J connectivity index is 1.38. The van der Waals surface area contributed by atoms with Gasteiger partial charge in [0, 0.05) is 30.8 Å². The Morgan fingerprint density at radius 3 is 2.28 bits per heavy atom. The molecule has 0 aliphatic carbocycles. The molecule has 1 aliphatic heterocycles. The minimum absolute atomic E-state index is 0.0622. The van der Waals surface area contributed by atoms with Crippen molar-refractivity contribution in [1.82, 2.24) is 4.90 Å². The van der Waals surface area contributed by atoms with E-state index >= 15 is 0 Å². The number of piperidine rings is 1. The topological polar surface area (TPSA) is 84.9 Å². The SMILES string of the molecule is O=C(COc1cc(Cl)c(Cl)cc1Cl)OCC(=O)N1CCC(C(=O)Nc2ccccc2)CC1. The molecule has 0 unspecified atom stereocenters. The molecule has 1 aliphatic rings. The number of amides is 2. The van der Waals surface area contributed by atoms with Gasteiger partial charge in [0.1, 0.15) is 5.75 Å². The van der Waals surface area contributed by atoms with Gasteiger partial charge in [-0.15, -0.1) is 0 Å². The number of nitrogens with one attached hydrogen (secondary N) is 1. The number of carbonyl (C=O) groups is 3. The van der Waals surface area contributed by atoms with Crippen molar-refractivity contribution in [3.05, 3.63) is 57.5 Å². The number of benzene rings is 2. The van der Waals surface area contributed by atoms with Crippen molar-refractivity contribution in [2.24, 2.45) is 5.92 Å². The third kappa shape index (κ3) is 6.76. The molecule has 3 rings (SSSR count). The molecule has 2 amide bonds. The Hall–Kier alpha value is -2.48. The first-order valence-electron chi connectivity index (χ1n) is 9.90. The van der Waals surface area contributed by atoms with Gasteiger partial charge in [-0.05, 0) is 31.0 Å². The van der Waals surface area contributed by atoms with E-state index in [-0.39, 0.29) is 38.5 Å². The summed E-state index contributed by atoms with van der Waals surface area (Å²) < 4.78 is 10.3. The first-order valence-corrected chi connectivity index (χ1v) is 11.0. The fourth-order valence-corrected chi connectivity index (χ4v) is 3.78. The lowest BCUT2D eigenvalue weighted by Gasteiger charge is -2.31. The van der Waals surface area contributed by atoms with Gasteiger partial charge in [0.2, 0.25) is 5.91 Å². The Bertz CT molecular complexity index is 979. The first kappa shape index (κ1) is 24.2.